The van der Waals surface area contributed by atoms with E-state index in [2.05, 4.69) is 5.32 Å². The number of hydrogen-bond acceptors (Lipinski definition) is 2. The second-order valence-electron chi connectivity index (χ2n) is 5.84. The Kier molecular flexibility index (Phi) is 6.76. The highest BCUT2D eigenvalue weighted by Crippen LogP contribution is 2.26. The monoisotopic (exact) mass is 386 g/mol. The molecule has 0 aliphatic rings. The first-order chi connectivity index (χ1) is 11.8. The maximum absolute atomic E-state index is 13.8. The Bertz CT molecular complexity index is 771. The Morgan fingerprint density at radius 3 is 2.64 bits per heavy atom. The molecular weight excluding hydrogens is 369 g/mol. The van der Waals surface area contributed by atoms with Gasteiger partial charge in [-0.1, -0.05) is 41.4 Å². The van der Waals surface area contributed by atoms with Crippen molar-refractivity contribution >= 4 is 29.1 Å². The van der Waals surface area contributed by atoms with Gasteiger partial charge in [-0.2, -0.15) is 0 Å². The zero-order valence-electron chi connectivity index (χ0n) is 13.8. The van der Waals surface area contributed by atoms with E-state index in [1.807, 2.05) is 6.07 Å². The summed E-state index contributed by atoms with van der Waals surface area (Å²) in [5, 5.41) is 3.61. The van der Waals surface area contributed by atoms with Crippen LogP contribution in [0.2, 0.25) is 10.0 Å². The standard InChI is InChI=1S/C18H18Cl2F2N2O/c1-11(14-7-6-13(21)8-16(14)22)23-17(25)10-24(2)9-12-4-3-5-15(19)18(12)20/h3-8,11H,9-10H2,1-2H3,(H,23,25). The quantitative estimate of drug-likeness (QED) is 0.787. The molecule has 0 saturated carbocycles. The topological polar surface area (TPSA) is 32.3 Å². The van der Waals surface area contributed by atoms with Gasteiger partial charge in [0.2, 0.25) is 5.91 Å². The third kappa shape index (κ3) is 5.39. The molecule has 2 rings (SSSR count). The molecule has 134 valence electrons. The van der Waals surface area contributed by atoms with E-state index in [1.54, 1.807) is 31.0 Å². The van der Waals surface area contributed by atoms with Gasteiger partial charge in [-0.25, -0.2) is 8.78 Å². The van der Waals surface area contributed by atoms with E-state index in [4.69, 9.17) is 23.2 Å². The van der Waals surface area contributed by atoms with Crippen LogP contribution < -0.4 is 5.32 Å². The number of rotatable bonds is 6. The lowest BCUT2D eigenvalue weighted by molar-refractivity contribution is -0.122. The molecule has 1 amide bonds. The molecule has 7 heteroatoms. The molecule has 0 bridgehead atoms. The average molecular weight is 387 g/mol. The predicted octanol–water partition coefficient (Wildman–Crippen LogP) is 4.58. The summed E-state index contributed by atoms with van der Waals surface area (Å²) in [5.41, 5.74) is 1.04. The van der Waals surface area contributed by atoms with Crippen molar-refractivity contribution in [1.82, 2.24) is 10.2 Å². The maximum atomic E-state index is 13.8. The normalized spacial score (nSPS) is 12.3. The van der Waals surface area contributed by atoms with Crippen LogP contribution in [-0.2, 0) is 11.3 Å². The number of nitrogens with one attached hydrogen (secondary N) is 1. The van der Waals surface area contributed by atoms with Crippen molar-refractivity contribution in [3.05, 3.63) is 69.2 Å². The summed E-state index contributed by atoms with van der Waals surface area (Å²) in [7, 11) is 1.76. The second kappa shape index (κ2) is 8.61. The van der Waals surface area contributed by atoms with Gasteiger partial charge in [0, 0.05) is 18.2 Å². The van der Waals surface area contributed by atoms with Crippen LogP contribution in [0.5, 0.6) is 0 Å². The van der Waals surface area contributed by atoms with Crippen LogP contribution in [-0.4, -0.2) is 24.4 Å². The van der Waals surface area contributed by atoms with Crippen molar-refractivity contribution in [2.45, 2.75) is 19.5 Å². The van der Waals surface area contributed by atoms with Crippen molar-refractivity contribution in [3.8, 4) is 0 Å². The number of hydrogen-bond donors (Lipinski definition) is 1. The van der Waals surface area contributed by atoms with Crippen molar-refractivity contribution < 1.29 is 13.6 Å². The minimum Gasteiger partial charge on any atom is -0.348 e. The average Bonchev–Trinajstić information content (AvgIpc) is 2.51. The number of carbonyl (C=O) groups excluding carboxylic acids is 1. The molecule has 0 aliphatic heterocycles. The molecule has 1 N–H and O–H groups in total. The fraction of sp³-hybridized carbons (Fsp3) is 0.278. The molecule has 1 atom stereocenters. The number of nitrogens with zero attached hydrogens (tertiary/aromatic N) is 1. The smallest absolute Gasteiger partial charge is 0.234 e. The molecule has 0 radical (unpaired) electrons. The van der Waals surface area contributed by atoms with Crippen molar-refractivity contribution in [1.29, 1.82) is 0 Å². The Balaban J connectivity index is 1.93. The van der Waals surface area contributed by atoms with Gasteiger partial charge in [0.15, 0.2) is 0 Å². The Hall–Kier alpha value is -1.69. The molecule has 25 heavy (non-hydrogen) atoms. The highest BCUT2D eigenvalue weighted by atomic mass is 35.5. The van der Waals surface area contributed by atoms with E-state index in [0.717, 1.165) is 17.7 Å². The van der Waals surface area contributed by atoms with Crippen LogP contribution >= 0.6 is 23.2 Å². The predicted molar refractivity (Wildman–Crippen MR) is 95.7 cm³/mol. The van der Waals surface area contributed by atoms with E-state index in [0.29, 0.717) is 16.6 Å². The molecule has 0 heterocycles. The van der Waals surface area contributed by atoms with Gasteiger partial charge in [-0.05, 0) is 31.7 Å². The number of carbonyl (C=O) groups is 1. The molecule has 1 unspecified atom stereocenters. The molecular formula is C18H18Cl2F2N2O. The number of benzene rings is 2. The third-order valence-electron chi connectivity index (χ3n) is 3.69. The number of amides is 1. The molecule has 0 fully saturated rings. The first-order valence-electron chi connectivity index (χ1n) is 7.63. The fourth-order valence-corrected chi connectivity index (χ4v) is 2.86. The van der Waals surface area contributed by atoms with Crippen LogP contribution in [0.25, 0.3) is 0 Å². The third-order valence-corrected chi connectivity index (χ3v) is 4.55. The van der Waals surface area contributed by atoms with E-state index < -0.39 is 17.7 Å². The van der Waals surface area contributed by atoms with Gasteiger partial charge in [0.25, 0.3) is 0 Å². The highest BCUT2D eigenvalue weighted by Gasteiger charge is 2.16. The molecule has 3 nitrogen and oxygen atoms in total. The van der Waals surface area contributed by atoms with Gasteiger partial charge in [0.05, 0.1) is 22.6 Å². The van der Waals surface area contributed by atoms with Gasteiger partial charge in [0.1, 0.15) is 11.6 Å². The van der Waals surface area contributed by atoms with E-state index in [1.165, 1.54) is 6.07 Å². The number of likely N-dealkylation sites (N-methyl/N-ethyl adjacent to an activating group) is 1. The highest BCUT2D eigenvalue weighted by molar-refractivity contribution is 6.42. The first kappa shape index (κ1) is 19.6. The molecule has 0 spiro atoms. The van der Waals surface area contributed by atoms with Gasteiger partial charge < -0.3 is 5.32 Å². The molecule has 2 aromatic carbocycles. The van der Waals surface area contributed by atoms with Crippen molar-refractivity contribution in [2.75, 3.05) is 13.6 Å². The SMILES string of the molecule is CC(NC(=O)CN(C)Cc1cccc(Cl)c1Cl)c1ccc(F)cc1F. The molecule has 0 aliphatic carbocycles. The van der Waals surface area contributed by atoms with Gasteiger partial charge in [-0.15, -0.1) is 0 Å². The minimum atomic E-state index is -0.688. The first-order valence-corrected chi connectivity index (χ1v) is 8.39. The minimum absolute atomic E-state index is 0.0932. The summed E-state index contributed by atoms with van der Waals surface area (Å²) in [4.78, 5) is 13.9. The second-order valence-corrected chi connectivity index (χ2v) is 6.63. The largest absolute Gasteiger partial charge is 0.348 e. The Morgan fingerprint density at radius 1 is 1.24 bits per heavy atom. The maximum Gasteiger partial charge on any atom is 0.234 e. The van der Waals surface area contributed by atoms with Crippen molar-refractivity contribution in [3.63, 3.8) is 0 Å². The fourth-order valence-electron chi connectivity index (χ4n) is 2.48. The van der Waals surface area contributed by atoms with Gasteiger partial charge >= 0.3 is 0 Å². The molecule has 0 saturated heterocycles. The van der Waals surface area contributed by atoms with Crippen LogP contribution in [0, 0.1) is 11.6 Å². The summed E-state index contributed by atoms with van der Waals surface area (Å²) in [6.07, 6.45) is 0. The summed E-state index contributed by atoms with van der Waals surface area (Å²) < 4.78 is 26.7. The van der Waals surface area contributed by atoms with Crippen LogP contribution in [0.1, 0.15) is 24.1 Å². The van der Waals surface area contributed by atoms with Gasteiger partial charge in [-0.3, -0.25) is 9.69 Å². The summed E-state index contributed by atoms with van der Waals surface area (Å²) in [6, 6.07) is 8.02. The number of halogens is 4. The van der Waals surface area contributed by atoms with E-state index >= 15 is 0 Å². The lowest BCUT2D eigenvalue weighted by Gasteiger charge is -2.20. The van der Waals surface area contributed by atoms with E-state index in [-0.39, 0.29) is 18.0 Å². The summed E-state index contributed by atoms with van der Waals surface area (Å²) >= 11 is 12.1. The lowest BCUT2D eigenvalue weighted by Crippen LogP contribution is -2.36. The van der Waals surface area contributed by atoms with Crippen molar-refractivity contribution in [2.24, 2.45) is 0 Å². The molecule has 0 aromatic heterocycles. The lowest BCUT2D eigenvalue weighted by atomic mass is 10.1. The van der Waals surface area contributed by atoms with E-state index in [9.17, 15) is 13.6 Å². The summed E-state index contributed by atoms with van der Waals surface area (Å²) in [5.74, 6) is -1.62. The Morgan fingerprint density at radius 2 is 1.96 bits per heavy atom. The Labute approximate surface area is 155 Å². The van der Waals surface area contributed by atoms with Crippen LogP contribution in [0.3, 0.4) is 0 Å². The van der Waals surface area contributed by atoms with Crippen LogP contribution in [0.15, 0.2) is 36.4 Å². The van der Waals surface area contributed by atoms with Crippen LogP contribution in [0.4, 0.5) is 8.78 Å². The molecule has 2 aromatic rings. The zero-order chi connectivity index (χ0) is 18.6. The zero-order valence-corrected chi connectivity index (χ0v) is 15.3. The summed E-state index contributed by atoms with van der Waals surface area (Å²) in [6.45, 7) is 2.17.